The summed E-state index contributed by atoms with van der Waals surface area (Å²) in [4.78, 5) is 2.40. The van der Waals surface area contributed by atoms with E-state index in [9.17, 15) is 0 Å². The number of likely N-dealkylation sites (N-methyl/N-ethyl adjacent to an activating group) is 1. The Hall–Kier alpha value is -0.160. The van der Waals surface area contributed by atoms with Crippen LogP contribution in [0.15, 0.2) is 0 Å². The molecule has 1 saturated carbocycles. The third-order valence-corrected chi connectivity index (χ3v) is 4.21. The predicted molar refractivity (Wildman–Crippen MR) is 77.5 cm³/mol. The maximum absolute atomic E-state index is 5.72. The second-order valence-electron chi connectivity index (χ2n) is 6.34. The molecule has 1 saturated heterocycles. The van der Waals surface area contributed by atoms with Crippen LogP contribution in [0.4, 0.5) is 0 Å². The molecule has 1 aliphatic heterocycles. The molecule has 0 radical (unpaired) electrons. The molecule has 112 valence electrons. The second-order valence-corrected chi connectivity index (χ2v) is 6.34. The zero-order valence-corrected chi connectivity index (χ0v) is 12.6. The fraction of sp³-hybridized carbons (Fsp3) is 1.00. The van der Waals surface area contributed by atoms with Crippen LogP contribution < -0.4 is 5.32 Å². The molecule has 19 heavy (non-hydrogen) atoms. The van der Waals surface area contributed by atoms with E-state index in [4.69, 9.17) is 9.47 Å². The largest absolute Gasteiger partial charge is 0.381 e. The van der Waals surface area contributed by atoms with E-state index in [1.165, 1.54) is 19.3 Å². The number of rotatable bonds is 10. The molecule has 4 heteroatoms. The van der Waals surface area contributed by atoms with Crippen LogP contribution in [0, 0.1) is 11.3 Å². The Labute approximate surface area is 117 Å². The third kappa shape index (κ3) is 5.38. The molecule has 0 bridgehead atoms. The molecule has 1 heterocycles. The summed E-state index contributed by atoms with van der Waals surface area (Å²) in [5.41, 5.74) is 0.307. The molecular weight excluding hydrogens is 240 g/mol. The number of ether oxygens (including phenoxy) is 2. The molecule has 0 aromatic heterocycles. The van der Waals surface area contributed by atoms with Gasteiger partial charge in [-0.1, -0.05) is 6.92 Å². The Balaban J connectivity index is 1.63. The topological polar surface area (TPSA) is 33.7 Å². The van der Waals surface area contributed by atoms with Crippen LogP contribution >= 0.6 is 0 Å². The van der Waals surface area contributed by atoms with Crippen molar-refractivity contribution in [1.82, 2.24) is 10.2 Å². The Bertz CT molecular complexity index is 251. The van der Waals surface area contributed by atoms with Crippen LogP contribution in [0.2, 0.25) is 0 Å². The molecule has 0 amide bonds. The van der Waals surface area contributed by atoms with Crippen molar-refractivity contribution >= 4 is 0 Å². The van der Waals surface area contributed by atoms with E-state index in [2.05, 4.69) is 24.2 Å². The van der Waals surface area contributed by atoms with Crippen molar-refractivity contribution in [2.75, 3.05) is 59.7 Å². The molecule has 1 atom stereocenters. The van der Waals surface area contributed by atoms with Crippen molar-refractivity contribution in [3.63, 3.8) is 0 Å². The molecule has 1 N–H and O–H groups in total. The van der Waals surface area contributed by atoms with Gasteiger partial charge in [-0.05, 0) is 38.8 Å². The fourth-order valence-electron chi connectivity index (χ4n) is 2.77. The van der Waals surface area contributed by atoms with Crippen LogP contribution in [0.5, 0.6) is 0 Å². The summed E-state index contributed by atoms with van der Waals surface area (Å²) in [5.74, 6) is 0.869. The number of hydrogen-bond acceptors (Lipinski definition) is 4. The van der Waals surface area contributed by atoms with E-state index in [-0.39, 0.29) is 0 Å². The molecular formula is C15H30N2O2. The maximum atomic E-state index is 5.72. The Kier molecular flexibility index (Phi) is 6.07. The van der Waals surface area contributed by atoms with Gasteiger partial charge in [0.25, 0.3) is 0 Å². The van der Waals surface area contributed by atoms with E-state index in [1.54, 1.807) is 0 Å². The molecule has 0 spiro atoms. The highest BCUT2D eigenvalue weighted by Crippen LogP contribution is 2.29. The lowest BCUT2D eigenvalue weighted by molar-refractivity contribution is 0.0785. The normalized spacial score (nSPS) is 27.3. The Morgan fingerprint density at radius 3 is 2.89 bits per heavy atom. The zero-order valence-electron chi connectivity index (χ0n) is 12.6. The van der Waals surface area contributed by atoms with Crippen LogP contribution in [-0.2, 0) is 9.47 Å². The van der Waals surface area contributed by atoms with Gasteiger partial charge >= 0.3 is 0 Å². The van der Waals surface area contributed by atoms with Gasteiger partial charge in [-0.25, -0.2) is 0 Å². The first-order valence-corrected chi connectivity index (χ1v) is 7.79. The first kappa shape index (κ1) is 15.2. The average Bonchev–Trinajstić information content (AvgIpc) is 3.12. The van der Waals surface area contributed by atoms with Gasteiger partial charge in [0, 0.05) is 38.3 Å². The maximum Gasteiger partial charge on any atom is 0.0593 e. The molecule has 4 nitrogen and oxygen atoms in total. The van der Waals surface area contributed by atoms with Gasteiger partial charge in [0.1, 0.15) is 0 Å². The van der Waals surface area contributed by atoms with Gasteiger partial charge in [-0.2, -0.15) is 0 Å². The highest BCUT2D eigenvalue weighted by molar-refractivity contribution is 4.87. The minimum atomic E-state index is 0.307. The lowest BCUT2D eigenvalue weighted by atomic mass is 9.86. The van der Waals surface area contributed by atoms with Gasteiger partial charge in [0.15, 0.2) is 0 Å². The predicted octanol–water partition coefficient (Wildman–Crippen LogP) is 1.36. The van der Waals surface area contributed by atoms with E-state index < -0.39 is 0 Å². The molecule has 2 aliphatic rings. The summed E-state index contributed by atoms with van der Waals surface area (Å²) in [5, 5.41) is 3.49. The van der Waals surface area contributed by atoms with Gasteiger partial charge in [0.2, 0.25) is 0 Å². The molecule has 0 aromatic carbocycles. The average molecular weight is 270 g/mol. The number of nitrogens with one attached hydrogen (secondary N) is 1. The first-order valence-electron chi connectivity index (χ1n) is 7.79. The van der Waals surface area contributed by atoms with Crippen molar-refractivity contribution < 1.29 is 9.47 Å². The summed E-state index contributed by atoms with van der Waals surface area (Å²) in [6.45, 7) is 10.0. The number of nitrogens with zero attached hydrogens (tertiary/aromatic N) is 1. The molecule has 2 rings (SSSR count). The van der Waals surface area contributed by atoms with Crippen LogP contribution in [0.1, 0.15) is 26.2 Å². The SMILES string of the molecule is CCNCC1(CN(C)CCOCC2CC2)CCOC1. The van der Waals surface area contributed by atoms with Gasteiger partial charge in [0.05, 0.1) is 13.2 Å². The standard InChI is InChI=1S/C15H30N2O2/c1-3-16-11-15(6-8-19-13-15)12-17(2)7-9-18-10-14-4-5-14/h14,16H,3-13H2,1-2H3. The fourth-order valence-corrected chi connectivity index (χ4v) is 2.77. The summed E-state index contributed by atoms with van der Waals surface area (Å²) < 4.78 is 11.3. The van der Waals surface area contributed by atoms with Crippen molar-refractivity contribution in [3.8, 4) is 0 Å². The van der Waals surface area contributed by atoms with E-state index in [0.29, 0.717) is 5.41 Å². The van der Waals surface area contributed by atoms with Crippen molar-refractivity contribution in [3.05, 3.63) is 0 Å². The zero-order chi connectivity index (χ0) is 13.6. The second kappa shape index (κ2) is 7.58. The molecule has 1 aliphatic carbocycles. The Morgan fingerprint density at radius 1 is 1.42 bits per heavy atom. The third-order valence-electron chi connectivity index (χ3n) is 4.21. The summed E-state index contributed by atoms with van der Waals surface area (Å²) >= 11 is 0. The highest BCUT2D eigenvalue weighted by atomic mass is 16.5. The highest BCUT2D eigenvalue weighted by Gasteiger charge is 2.35. The Morgan fingerprint density at radius 2 is 2.26 bits per heavy atom. The summed E-state index contributed by atoms with van der Waals surface area (Å²) in [7, 11) is 2.20. The van der Waals surface area contributed by atoms with Crippen molar-refractivity contribution in [2.45, 2.75) is 26.2 Å². The smallest absolute Gasteiger partial charge is 0.0593 e. The van der Waals surface area contributed by atoms with Gasteiger partial charge < -0.3 is 19.7 Å². The van der Waals surface area contributed by atoms with Crippen molar-refractivity contribution in [1.29, 1.82) is 0 Å². The minimum absolute atomic E-state index is 0.307. The van der Waals surface area contributed by atoms with Gasteiger partial charge in [-0.3, -0.25) is 0 Å². The lowest BCUT2D eigenvalue weighted by Gasteiger charge is -2.32. The lowest BCUT2D eigenvalue weighted by Crippen LogP contribution is -2.44. The van der Waals surface area contributed by atoms with Crippen LogP contribution in [-0.4, -0.2) is 64.6 Å². The molecule has 1 unspecified atom stereocenters. The summed E-state index contributed by atoms with van der Waals surface area (Å²) in [6.07, 6.45) is 3.92. The van der Waals surface area contributed by atoms with Gasteiger partial charge in [-0.15, -0.1) is 0 Å². The minimum Gasteiger partial charge on any atom is -0.381 e. The van der Waals surface area contributed by atoms with Crippen molar-refractivity contribution in [2.24, 2.45) is 11.3 Å². The van der Waals surface area contributed by atoms with E-state index in [0.717, 1.165) is 58.5 Å². The number of hydrogen-bond donors (Lipinski definition) is 1. The quantitative estimate of drug-likeness (QED) is 0.608. The molecule has 2 fully saturated rings. The van der Waals surface area contributed by atoms with Crippen LogP contribution in [0.25, 0.3) is 0 Å². The van der Waals surface area contributed by atoms with E-state index >= 15 is 0 Å². The van der Waals surface area contributed by atoms with E-state index in [1.807, 2.05) is 0 Å². The van der Waals surface area contributed by atoms with Crippen LogP contribution in [0.3, 0.4) is 0 Å². The molecule has 0 aromatic rings. The monoisotopic (exact) mass is 270 g/mol. The first-order chi connectivity index (χ1) is 9.24. The summed E-state index contributed by atoms with van der Waals surface area (Å²) in [6, 6.07) is 0.